The molecular formula is C14H15FN2O. The highest BCUT2D eigenvalue weighted by Gasteiger charge is 2.06. The van der Waals surface area contributed by atoms with Gasteiger partial charge in [-0.1, -0.05) is 30.3 Å². The van der Waals surface area contributed by atoms with Crippen LogP contribution in [0.4, 0.5) is 4.39 Å². The molecule has 0 spiro atoms. The molecule has 1 heterocycles. The molecule has 94 valence electrons. The van der Waals surface area contributed by atoms with Gasteiger partial charge in [-0.2, -0.15) is 5.48 Å². The molecule has 1 aromatic carbocycles. The summed E-state index contributed by atoms with van der Waals surface area (Å²) in [4.78, 5) is 9.37. The van der Waals surface area contributed by atoms with E-state index in [0.29, 0.717) is 6.61 Å². The number of hydroxylamine groups is 1. The molecule has 2 rings (SSSR count). The van der Waals surface area contributed by atoms with Gasteiger partial charge >= 0.3 is 0 Å². The average molecular weight is 246 g/mol. The summed E-state index contributed by atoms with van der Waals surface area (Å²) in [6.45, 7) is 2.39. The second-order valence-corrected chi connectivity index (χ2v) is 4.02. The van der Waals surface area contributed by atoms with E-state index in [1.54, 1.807) is 6.07 Å². The van der Waals surface area contributed by atoms with Crippen molar-refractivity contribution >= 4 is 0 Å². The van der Waals surface area contributed by atoms with E-state index >= 15 is 0 Å². The zero-order valence-corrected chi connectivity index (χ0v) is 10.1. The molecule has 0 bridgehead atoms. The number of halogens is 1. The van der Waals surface area contributed by atoms with E-state index in [4.69, 9.17) is 4.84 Å². The SMILES string of the molecule is CC(NOCc1ccccc1)c1ccc(F)cn1. The minimum Gasteiger partial charge on any atom is -0.296 e. The van der Waals surface area contributed by atoms with Crippen LogP contribution < -0.4 is 5.48 Å². The van der Waals surface area contributed by atoms with Crippen LogP contribution in [0.1, 0.15) is 24.2 Å². The summed E-state index contributed by atoms with van der Waals surface area (Å²) in [5.74, 6) is -0.337. The van der Waals surface area contributed by atoms with Crippen LogP contribution in [-0.2, 0) is 11.4 Å². The topological polar surface area (TPSA) is 34.1 Å². The molecule has 0 amide bonds. The van der Waals surface area contributed by atoms with Crippen molar-refractivity contribution in [2.45, 2.75) is 19.6 Å². The van der Waals surface area contributed by atoms with Gasteiger partial charge in [0.1, 0.15) is 5.82 Å². The van der Waals surface area contributed by atoms with E-state index < -0.39 is 0 Å². The lowest BCUT2D eigenvalue weighted by atomic mass is 10.2. The lowest BCUT2D eigenvalue weighted by molar-refractivity contribution is 0.00610. The van der Waals surface area contributed by atoms with Gasteiger partial charge in [0, 0.05) is 0 Å². The maximum atomic E-state index is 12.7. The number of nitrogens with one attached hydrogen (secondary N) is 1. The minimum atomic E-state index is -0.337. The summed E-state index contributed by atoms with van der Waals surface area (Å²) < 4.78 is 12.7. The van der Waals surface area contributed by atoms with Crippen LogP contribution in [0.3, 0.4) is 0 Å². The monoisotopic (exact) mass is 246 g/mol. The normalized spacial score (nSPS) is 12.3. The summed E-state index contributed by atoms with van der Waals surface area (Å²) in [6, 6.07) is 12.8. The number of nitrogens with zero attached hydrogens (tertiary/aromatic N) is 1. The molecule has 0 radical (unpaired) electrons. The van der Waals surface area contributed by atoms with E-state index in [1.165, 1.54) is 12.3 Å². The Kier molecular flexibility index (Phi) is 4.39. The van der Waals surface area contributed by atoms with Gasteiger partial charge in [-0.05, 0) is 24.6 Å². The van der Waals surface area contributed by atoms with Gasteiger partial charge in [0.2, 0.25) is 0 Å². The van der Waals surface area contributed by atoms with E-state index in [0.717, 1.165) is 11.3 Å². The molecule has 0 aliphatic carbocycles. The quantitative estimate of drug-likeness (QED) is 0.823. The van der Waals surface area contributed by atoms with E-state index in [-0.39, 0.29) is 11.9 Å². The highest BCUT2D eigenvalue weighted by Crippen LogP contribution is 2.10. The fourth-order valence-electron chi connectivity index (χ4n) is 1.53. The van der Waals surface area contributed by atoms with Crippen LogP contribution in [0.5, 0.6) is 0 Å². The molecule has 0 saturated heterocycles. The van der Waals surface area contributed by atoms with Gasteiger partial charge < -0.3 is 0 Å². The van der Waals surface area contributed by atoms with Crippen molar-refractivity contribution in [3.05, 3.63) is 65.7 Å². The number of rotatable bonds is 5. The molecule has 1 aromatic heterocycles. The number of aromatic nitrogens is 1. The number of pyridine rings is 1. The molecule has 4 heteroatoms. The van der Waals surface area contributed by atoms with Crippen molar-refractivity contribution in [1.29, 1.82) is 0 Å². The van der Waals surface area contributed by atoms with Gasteiger partial charge in [0.15, 0.2) is 0 Å². The van der Waals surface area contributed by atoms with Crippen LogP contribution >= 0.6 is 0 Å². The third-order valence-electron chi connectivity index (χ3n) is 2.54. The number of hydrogen-bond acceptors (Lipinski definition) is 3. The van der Waals surface area contributed by atoms with Gasteiger partial charge in [-0.25, -0.2) is 4.39 Å². The molecule has 0 aliphatic rings. The van der Waals surface area contributed by atoms with Gasteiger partial charge in [-0.3, -0.25) is 9.82 Å². The maximum absolute atomic E-state index is 12.7. The van der Waals surface area contributed by atoms with Crippen molar-refractivity contribution in [3.63, 3.8) is 0 Å². The number of benzene rings is 1. The molecule has 18 heavy (non-hydrogen) atoms. The van der Waals surface area contributed by atoms with Crippen molar-refractivity contribution in [2.75, 3.05) is 0 Å². The van der Waals surface area contributed by atoms with Crippen molar-refractivity contribution in [3.8, 4) is 0 Å². The first-order chi connectivity index (χ1) is 8.75. The second kappa shape index (κ2) is 6.23. The fourth-order valence-corrected chi connectivity index (χ4v) is 1.53. The van der Waals surface area contributed by atoms with E-state index in [1.807, 2.05) is 37.3 Å². The lowest BCUT2D eigenvalue weighted by Gasteiger charge is -2.13. The Balaban J connectivity index is 1.81. The summed E-state index contributed by atoms with van der Waals surface area (Å²) >= 11 is 0. The van der Waals surface area contributed by atoms with Crippen LogP contribution in [0, 0.1) is 5.82 Å². The highest BCUT2D eigenvalue weighted by atomic mass is 19.1. The summed E-state index contributed by atoms with van der Waals surface area (Å²) in [5, 5.41) is 0. The Hall–Kier alpha value is -1.78. The zero-order valence-electron chi connectivity index (χ0n) is 10.1. The maximum Gasteiger partial charge on any atom is 0.141 e. The third-order valence-corrected chi connectivity index (χ3v) is 2.54. The lowest BCUT2D eigenvalue weighted by Crippen LogP contribution is -2.19. The molecule has 0 saturated carbocycles. The van der Waals surface area contributed by atoms with Crippen LogP contribution in [-0.4, -0.2) is 4.98 Å². The van der Waals surface area contributed by atoms with E-state index in [2.05, 4.69) is 10.5 Å². The van der Waals surface area contributed by atoms with E-state index in [9.17, 15) is 4.39 Å². The van der Waals surface area contributed by atoms with Crippen molar-refractivity contribution in [1.82, 2.24) is 10.5 Å². The smallest absolute Gasteiger partial charge is 0.141 e. The minimum absolute atomic E-state index is 0.0886. The summed E-state index contributed by atoms with van der Waals surface area (Å²) in [5.41, 5.74) is 4.71. The Morgan fingerprint density at radius 2 is 2.00 bits per heavy atom. The Morgan fingerprint density at radius 1 is 1.22 bits per heavy atom. The van der Waals surface area contributed by atoms with Gasteiger partial charge in [0.05, 0.1) is 24.5 Å². The standard InChI is InChI=1S/C14H15FN2O/c1-11(14-8-7-13(15)9-16-14)17-18-10-12-5-3-2-4-6-12/h2-9,11,17H,10H2,1H3. The van der Waals surface area contributed by atoms with Gasteiger partial charge in [0.25, 0.3) is 0 Å². The first-order valence-corrected chi connectivity index (χ1v) is 5.78. The second-order valence-electron chi connectivity index (χ2n) is 4.02. The largest absolute Gasteiger partial charge is 0.296 e. The molecular weight excluding hydrogens is 231 g/mol. The Bertz CT molecular complexity index is 473. The molecule has 0 fully saturated rings. The molecule has 3 nitrogen and oxygen atoms in total. The molecule has 1 atom stereocenters. The summed E-state index contributed by atoms with van der Waals surface area (Å²) in [6.07, 6.45) is 1.20. The third kappa shape index (κ3) is 3.61. The van der Waals surface area contributed by atoms with Crippen molar-refractivity contribution in [2.24, 2.45) is 0 Å². The predicted molar refractivity (Wildman–Crippen MR) is 67.0 cm³/mol. The number of hydrogen-bond donors (Lipinski definition) is 1. The van der Waals surface area contributed by atoms with Crippen LogP contribution in [0.2, 0.25) is 0 Å². The van der Waals surface area contributed by atoms with Crippen molar-refractivity contribution < 1.29 is 9.23 Å². The Morgan fingerprint density at radius 3 is 2.67 bits per heavy atom. The molecule has 1 N–H and O–H groups in total. The molecule has 1 unspecified atom stereocenters. The first-order valence-electron chi connectivity index (χ1n) is 5.78. The zero-order chi connectivity index (χ0) is 12.8. The summed E-state index contributed by atoms with van der Waals surface area (Å²) in [7, 11) is 0. The van der Waals surface area contributed by atoms with Crippen LogP contribution in [0.25, 0.3) is 0 Å². The highest BCUT2D eigenvalue weighted by molar-refractivity contribution is 5.13. The van der Waals surface area contributed by atoms with Crippen LogP contribution in [0.15, 0.2) is 48.7 Å². The Labute approximate surface area is 106 Å². The first kappa shape index (κ1) is 12.7. The van der Waals surface area contributed by atoms with Gasteiger partial charge in [-0.15, -0.1) is 0 Å². The molecule has 2 aromatic rings. The molecule has 0 aliphatic heterocycles. The predicted octanol–water partition coefficient (Wildman–Crippen LogP) is 3.00. The fraction of sp³-hybridized carbons (Fsp3) is 0.214. The average Bonchev–Trinajstić information content (AvgIpc) is 2.40.